The Kier molecular flexibility index (Phi) is 7.91. The molecule has 2 aromatic carbocycles. The molecule has 10 heteroatoms. The van der Waals surface area contributed by atoms with E-state index in [0.717, 1.165) is 4.90 Å². The van der Waals surface area contributed by atoms with Gasteiger partial charge in [0.2, 0.25) is 5.91 Å². The Morgan fingerprint density at radius 1 is 1.14 bits per heavy atom. The number of hydrogen-bond acceptors (Lipinski definition) is 8. The Morgan fingerprint density at radius 2 is 1.89 bits per heavy atom. The van der Waals surface area contributed by atoms with Gasteiger partial charge in [0, 0.05) is 30.1 Å². The number of benzene rings is 2. The molecular formula is C25H26N2O7S. The van der Waals surface area contributed by atoms with Gasteiger partial charge in [0.25, 0.3) is 5.69 Å². The summed E-state index contributed by atoms with van der Waals surface area (Å²) >= 11 is 1.26. The predicted molar refractivity (Wildman–Crippen MR) is 130 cm³/mol. The molecule has 0 atom stereocenters. The van der Waals surface area contributed by atoms with Crippen LogP contribution in [0.15, 0.2) is 52.3 Å². The molecule has 0 unspecified atom stereocenters. The fraction of sp³-hybridized carbons (Fsp3) is 0.360. The second-order valence-corrected chi connectivity index (χ2v) is 9.19. The first-order valence-corrected chi connectivity index (χ1v) is 12.3. The second-order valence-electron chi connectivity index (χ2n) is 8.08. The smallest absolute Gasteiger partial charge is 0.309 e. The quantitative estimate of drug-likeness (QED) is 0.240. The van der Waals surface area contributed by atoms with Crippen LogP contribution in [0.4, 0.5) is 5.69 Å². The fourth-order valence-corrected chi connectivity index (χ4v) is 4.88. The number of ether oxygens (including phenoxy) is 3. The van der Waals surface area contributed by atoms with Crippen molar-refractivity contribution in [1.82, 2.24) is 4.90 Å². The van der Waals surface area contributed by atoms with E-state index in [1.54, 1.807) is 42.2 Å². The third-order valence-corrected chi connectivity index (χ3v) is 6.82. The van der Waals surface area contributed by atoms with Crippen LogP contribution in [-0.2, 0) is 14.3 Å². The first kappa shape index (κ1) is 24.6. The summed E-state index contributed by atoms with van der Waals surface area (Å²) in [7, 11) is 0. The van der Waals surface area contributed by atoms with E-state index in [1.165, 1.54) is 23.9 Å². The van der Waals surface area contributed by atoms with E-state index in [-0.39, 0.29) is 23.5 Å². The molecular weight excluding hydrogens is 472 g/mol. The molecule has 0 saturated carbocycles. The largest absolute Gasteiger partial charge is 0.486 e. The Labute approximate surface area is 207 Å². The zero-order chi connectivity index (χ0) is 24.8. The number of carbonyl (C=O) groups is 2. The highest BCUT2D eigenvalue weighted by molar-refractivity contribution is 7.99. The van der Waals surface area contributed by atoms with Crippen molar-refractivity contribution >= 4 is 35.4 Å². The maximum Gasteiger partial charge on any atom is 0.309 e. The molecule has 1 saturated heterocycles. The van der Waals surface area contributed by atoms with Crippen molar-refractivity contribution in [1.29, 1.82) is 0 Å². The average molecular weight is 499 g/mol. The van der Waals surface area contributed by atoms with Crippen LogP contribution in [0.25, 0.3) is 6.08 Å². The Hall–Kier alpha value is -3.53. The highest BCUT2D eigenvalue weighted by Gasteiger charge is 2.27. The van der Waals surface area contributed by atoms with Crippen molar-refractivity contribution in [3.05, 3.63) is 58.2 Å². The highest BCUT2D eigenvalue weighted by Crippen LogP contribution is 2.40. The number of amides is 1. The molecule has 4 rings (SSSR count). The summed E-state index contributed by atoms with van der Waals surface area (Å²) in [5.74, 6) is 0.699. The fourth-order valence-electron chi connectivity index (χ4n) is 3.95. The van der Waals surface area contributed by atoms with E-state index in [4.69, 9.17) is 14.2 Å². The van der Waals surface area contributed by atoms with Gasteiger partial charge in [-0.15, -0.1) is 0 Å². The van der Waals surface area contributed by atoms with Crippen LogP contribution in [0.3, 0.4) is 0 Å². The van der Waals surface area contributed by atoms with Gasteiger partial charge in [-0.25, -0.2) is 0 Å². The Morgan fingerprint density at radius 3 is 2.60 bits per heavy atom. The normalized spacial score (nSPS) is 15.7. The minimum atomic E-state index is -0.431. The zero-order valence-corrected chi connectivity index (χ0v) is 20.1. The summed E-state index contributed by atoms with van der Waals surface area (Å²) in [5, 5.41) is 11.7. The van der Waals surface area contributed by atoms with Gasteiger partial charge in [0.05, 0.1) is 22.3 Å². The number of rotatable bonds is 7. The lowest BCUT2D eigenvalue weighted by molar-refractivity contribution is -0.387. The van der Waals surface area contributed by atoms with Crippen molar-refractivity contribution in [2.45, 2.75) is 29.6 Å². The van der Waals surface area contributed by atoms with Crippen LogP contribution in [0.2, 0.25) is 0 Å². The van der Waals surface area contributed by atoms with Gasteiger partial charge in [0.1, 0.15) is 13.2 Å². The minimum Gasteiger partial charge on any atom is -0.486 e. The maximum atomic E-state index is 12.6. The second kappa shape index (κ2) is 11.3. The summed E-state index contributed by atoms with van der Waals surface area (Å²) < 4.78 is 16.2. The van der Waals surface area contributed by atoms with Crippen LogP contribution in [0.5, 0.6) is 11.5 Å². The van der Waals surface area contributed by atoms with Crippen LogP contribution in [-0.4, -0.2) is 54.6 Å². The maximum absolute atomic E-state index is 12.6. The van der Waals surface area contributed by atoms with Crippen molar-refractivity contribution in [3.63, 3.8) is 0 Å². The molecule has 0 radical (unpaired) electrons. The molecule has 0 spiro atoms. The van der Waals surface area contributed by atoms with E-state index < -0.39 is 4.92 Å². The number of likely N-dealkylation sites (tertiary alicyclic amines) is 1. The first-order chi connectivity index (χ1) is 16.9. The molecule has 0 N–H and O–H groups in total. The number of nitro groups is 1. The number of nitrogens with zero attached hydrogens (tertiary/aromatic N) is 2. The molecule has 2 aliphatic heterocycles. The number of piperidine rings is 1. The highest BCUT2D eigenvalue weighted by atomic mass is 32.2. The summed E-state index contributed by atoms with van der Waals surface area (Å²) in [6.45, 7) is 4.02. The molecule has 1 amide bonds. The summed E-state index contributed by atoms with van der Waals surface area (Å²) in [4.78, 5) is 38.7. The summed E-state index contributed by atoms with van der Waals surface area (Å²) in [5.41, 5.74) is 0.507. The van der Waals surface area contributed by atoms with E-state index in [0.29, 0.717) is 67.7 Å². The van der Waals surface area contributed by atoms with E-state index >= 15 is 0 Å². The van der Waals surface area contributed by atoms with Crippen molar-refractivity contribution in [2.75, 3.05) is 32.9 Å². The van der Waals surface area contributed by atoms with E-state index in [1.807, 2.05) is 6.07 Å². The SMILES string of the molecule is CCOC(=O)C1CCN(C(=O)/C=C/c2ccc(Sc3ccc4c(c3)OCCO4)c([N+](=O)[O-])c2)CC1. The van der Waals surface area contributed by atoms with Gasteiger partial charge in [0.15, 0.2) is 11.5 Å². The van der Waals surface area contributed by atoms with Crippen molar-refractivity contribution < 1.29 is 28.7 Å². The molecule has 0 aliphatic carbocycles. The van der Waals surface area contributed by atoms with Gasteiger partial charge >= 0.3 is 5.97 Å². The molecule has 184 valence electrons. The first-order valence-electron chi connectivity index (χ1n) is 11.4. The minimum absolute atomic E-state index is 0.0465. The lowest BCUT2D eigenvalue weighted by atomic mass is 9.97. The summed E-state index contributed by atoms with van der Waals surface area (Å²) in [6.07, 6.45) is 4.12. The van der Waals surface area contributed by atoms with Crippen molar-refractivity contribution in [3.8, 4) is 11.5 Å². The molecule has 0 bridgehead atoms. The number of fused-ring (bicyclic) bond motifs is 1. The van der Waals surface area contributed by atoms with E-state index in [9.17, 15) is 19.7 Å². The van der Waals surface area contributed by atoms with Crippen LogP contribution in [0, 0.1) is 16.0 Å². The van der Waals surface area contributed by atoms with Crippen molar-refractivity contribution in [2.24, 2.45) is 5.92 Å². The van der Waals surface area contributed by atoms with Gasteiger partial charge in [-0.2, -0.15) is 0 Å². The van der Waals surface area contributed by atoms with Gasteiger partial charge in [-0.3, -0.25) is 19.7 Å². The molecule has 2 aromatic rings. The lowest BCUT2D eigenvalue weighted by Crippen LogP contribution is -2.39. The number of nitro benzene ring substituents is 1. The predicted octanol–water partition coefficient (Wildman–Crippen LogP) is 4.33. The van der Waals surface area contributed by atoms with Crippen LogP contribution < -0.4 is 9.47 Å². The molecule has 2 heterocycles. The van der Waals surface area contributed by atoms with Gasteiger partial charge < -0.3 is 19.1 Å². The van der Waals surface area contributed by atoms with E-state index in [2.05, 4.69) is 0 Å². The van der Waals surface area contributed by atoms with Gasteiger partial charge in [-0.1, -0.05) is 17.8 Å². The standard InChI is InChI=1S/C25H26N2O7S/c1-2-32-25(29)18-9-11-26(12-10-18)24(28)8-4-17-3-7-23(20(15-17)27(30)31)35-19-5-6-21-22(16-19)34-14-13-33-21/h3-8,15-16,18H,2,9-14H2,1H3/b8-4+. The average Bonchev–Trinajstić information content (AvgIpc) is 2.88. The monoisotopic (exact) mass is 498 g/mol. The third-order valence-electron chi connectivity index (χ3n) is 5.77. The van der Waals surface area contributed by atoms with Gasteiger partial charge in [-0.05, 0) is 55.7 Å². The summed E-state index contributed by atoms with van der Waals surface area (Å²) in [6, 6.07) is 10.3. The Bertz CT molecular complexity index is 1140. The molecule has 1 fully saturated rings. The zero-order valence-electron chi connectivity index (χ0n) is 19.3. The molecule has 2 aliphatic rings. The third kappa shape index (κ3) is 6.13. The number of esters is 1. The lowest BCUT2D eigenvalue weighted by Gasteiger charge is -2.30. The number of carbonyl (C=O) groups excluding carboxylic acids is 2. The molecule has 35 heavy (non-hydrogen) atoms. The molecule has 0 aromatic heterocycles. The van der Waals surface area contributed by atoms with Crippen LogP contribution in [0.1, 0.15) is 25.3 Å². The number of hydrogen-bond donors (Lipinski definition) is 0. The Balaban J connectivity index is 1.41. The topological polar surface area (TPSA) is 108 Å². The van der Waals surface area contributed by atoms with Crippen LogP contribution >= 0.6 is 11.8 Å². The molecule has 9 nitrogen and oxygen atoms in total.